The van der Waals surface area contributed by atoms with E-state index >= 15 is 0 Å². The number of ether oxygens (including phenoxy) is 5. The van der Waals surface area contributed by atoms with Crippen LogP contribution in [-0.4, -0.2) is 46.7 Å². The Morgan fingerprint density at radius 2 is 1.39 bits per heavy atom. The second kappa shape index (κ2) is 4.26. The Balaban J connectivity index is 1.86. The van der Waals surface area contributed by atoms with E-state index in [1.165, 1.54) is 0 Å². The summed E-state index contributed by atoms with van der Waals surface area (Å²) in [5.74, 6) is -1.22. The van der Waals surface area contributed by atoms with Crippen molar-refractivity contribution in [3.05, 3.63) is 0 Å². The molecule has 5 atom stereocenters. The molecule has 3 aliphatic heterocycles. The van der Waals surface area contributed by atoms with Crippen molar-refractivity contribution in [2.45, 2.75) is 70.0 Å². The van der Waals surface area contributed by atoms with Crippen molar-refractivity contribution in [1.29, 1.82) is 0 Å². The molecule has 0 radical (unpaired) electrons. The highest BCUT2D eigenvalue weighted by Gasteiger charge is 2.60. The van der Waals surface area contributed by atoms with Gasteiger partial charge in [-0.25, -0.2) is 0 Å². The summed E-state index contributed by atoms with van der Waals surface area (Å²) in [4.78, 5) is 0. The van der Waals surface area contributed by atoms with Crippen LogP contribution >= 0.6 is 22.6 Å². The van der Waals surface area contributed by atoms with Crippen LogP contribution in [0.25, 0.3) is 0 Å². The number of halogens is 1. The molecular formula is C12H19IO5. The van der Waals surface area contributed by atoms with Crippen LogP contribution in [0.15, 0.2) is 0 Å². The fourth-order valence-corrected chi connectivity index (χ4v) is 3.53. The van der Waals surface area contributed by atoms with Gasteiger partial charge in [0.25, 0.3) is 0 Å². The molecule has 3 saturated heterocycles. The third-order valence-electron chi connectivity index (χ3n) is 3.40. The minimum atomic E-state index is -0.629. The highest BCUT2D eigenvalue weighted by Crippen LogP contribution is 2.44. The Hall–Kier alpha value is 0.530. The van der Waals surface area contributed by atoms with Crippen molar-refractivity contribution in [3.63, 3.8) is 0 Å². The molecule has 104 valence electrons. The Kier molecular flexibility index (Phi) is 3.20. The molecule has 3 rings (SSSR count). The first kappa shape index (κ1) is 13.5. The molecule has 5 nitrogen and oxygen atoms in total. The van der Waals surface area contributed by atoms with Crippen LogP contribution in [0.3, 0.4) is 0 Å². The summed E-state index contributed by atoms with van der Waals surface area (Å²) in [5, 5.41) is 0. The maximum absolute atomic E-state index is 5.98. The monoisotopic (exact) mass is 370 g/mol. The average Bonchev–Trinajstić information content (AvgIpc) is 2.71. The molecule has 0 saturated carbocycles. The smallest absolute Gasteiger partial charge is 0.190 e. The van der Waals surface area contributed by atoms with Crippen LogP contribution in [0.5, 0.6) is 0 Å². The van der Waals surface area contributed by atoms with E-state index in [9.17, 15) is 0 Å². The normalized spacial score (nSPS) is 48.8. The lowest BCUT2D eigenvalue weighted by Crippen LogP contribution is -2.55. The van der Waals surface area contributed by atoms with Gasteiger partial charge in [-0.2, -0.15) is 0 Å². The molecule has 0 aromatic carbocycles. The van der Waals surface area contributed by atoms with Crippen LogP contribution in [0.1, 0.15) is 27.7 Å². The van der Waals surface area contributed by atoms with Gasteiger partial charge in [-0.05, 0) is 27.7 Å². The molecule has 0 amide bonds. The number of hydrogen-bond acceptors (Lipinski definition) is 5. The largest absolute Gasteiger partial charge is 0.343 e. The summed E-state index contributed by atoms with van der Waals surface area (Å²) in [5.41, 5.74) is 0. The van der Waals surface area contributed by atoms with Gasteiger partial charge in [0.1, 0.15) is 18.3 Å². The quantitative estimate of drug-likeness (QED) is 0.521. The van der Waals surface area contributed by atoms with Gasteiger partial charge in [-0.15, -0.1) is 0 Å². The van der Waals surface area contributed by atoms with Crippen LogP contribution in [0.2, 0.25) is 0 Å². The Morgan fingerprint density at radius 3 is 2.06 bits per heavy atom. The number of fused-ring (bicyclic) bond motifs is 3. The van der Waals surface area contributed by atoms with Crippen molar-refractivity contribution in [2.24, 2.45) is 0 Å². The second-order valence-electron chi connectivity index (χ2n) is 5.86. The highest BCUT2D eigenvalue weighted by atomic mass is 127. The Bertz CT molecular complexity index is 345. The van der Waals surface area contributed by atoms with E-state index in [1.54, 1.807) is 0 Å². The zero-order valence-electron chi connectivity index (χ0n) is 11.0. The first-order valence-corrected chi connectivity index (χ1v) is 7.77. The van der Waals surface area contributed by atoms with Gasteiger partial charge in [0, 0.05) is 4.43 Å². The first-order chi connectivity index (χ1) is 8.31. The molecule has 0 bridgehead atoms. The molecule has 6 heteroatoms. The molecule has 0 aromatic heterocycles. The van der Waals surface area contributed by atoms with Crippen molar-refractivity contribution in [1.82, 2.24) is 0 Å². The Morgan fingerprint density at radius 1 is 0.833 bits per heavy atom. The molecule has 3 fully saturated rings. The van der Waals surface area contributed by atoms with E-state index < -0.39 is 11.6 Å². The van der Waals surface area contributed by atoms with Crippen LogP contribution in [-0.2, 0) is 23.7 Å². The van der Waals surface area contributed by atoms with Gasteiger partial charge in [0.05, 0.1) is 6.10 Å². The van der Waals surface area contributed by atoms with Gasteiger partial charge in [-0.3, -0.25) is 0 Å². The highest BCUT2D eigenvalue weighted by molar-refractivity contribution is 14.1. The zero-order chi connectivity index (χ0) is 13.1. The standard InChI is InChI=1S/C12H19IO5/c1-11(2)15-7-6(5-13)14-10-9(8(7)16-11)17-12(3,4)18-10/h6-10H,5H2,1-4H3/t6-,7-,8+,9+,10+/m0/s1. The molecule has 0 aromatic rings. The molecule has 18 heavy (non-hydrogen) atoms. The lowest BCUT2D eigenvalue weighted by atomic mass is 10.0. The predicted molar refractivity (Wildman–Crippen MR) is 71.4 cm³/mol. The molecule has 0 spiro atoms. The lowest BCUT2D eigenvalue weighted by Gasteiger charge is -2.36. The van der Waals surface area contributed by atoms with Gasteiger partial charge < -0.3 is 23.7 Å². The number of rotatable bonds is 1. The van der Waals surface area contributed by atoms with Crippen molar-refractivity contribution in [3.8, 4) is 0 Å². The first-order valence-electron chi connectivity index (χ1n) is 6.24. The van der Waals surface area contributed by atoms with Gasteiger partial charge in [0.2, 0.25) is 0 Å². The Labute approximate surface area is 121 Å². The molecular weight excluding hydrogens is 351 g/mol. The summed E-state index contributed by atoms with van der Waals surface area (Å²) >= 11 is 2.30. The zero-order valence-corrected chi connectivity index (χ0v) is 13.2. The van der Waals surface area contributed by atoms with Crippen molar-refractivity contribution in [2.75, 3.05) is 4.43 Å². The fourth-order valence-electron chi connectivity index (χ4n) is 2.82. The molecule has 3 heterocycles. The predicted octanol–water partition coefficient (Wildman–Crippen LogP) is 1.82. The van der Waals surface area contributed by atoms with Crippen molar-refractivity contribution < 1.29 is 23.7 Å². The van der Waals surface area contributed by atoms with E-state index in [1.807, 2.05) is 27.7 Å². The minimum Gasteiger partial charge on any atom is -0.343 e. The average molecular weight is 370 g/mol. The third-order valence-corrected chi connectivity index (χ3v) is 4.27. The fraction of sp³-hybridized carbons (Fsp3) is 1.00. The van der Waals surface area contributed by atoms with Crippen LogP contribution in [0.4, 0.5) is 0 Å². The maximum atomic E-state index is 5.98. The van der Waals surface area contributed by atoms with E-state index in [4.69, 9.17) is 23.7 Å². The second-order valence-corrected chi connectivity index (χ2v) is 6.74. The van der Waals surface area contributed by atoms with E-state index in [0.29, 0.717) is 0 Å². The summed E-state index contributed by atoms with van der Waals surface area (Å²) in [6.45, 7) is 7.63. The molecule has 3 aliphatic rings. The van der Waals surface area contributed by atoms with E-state index in [2.05, 4.69) is 22.6 Å². The summed E-state index contributed by atoms with van der Waals surface area (Å²) in [6, 6.07) is 0. The van der Waals surface area contributed by atoms with Gasteiger partial charge >= 0.3 is 0 Å². The number of hydrogen-bond donors (Lipinski definition) is 0. The minimum absolute atomic E-state index is 0.0175. The van der Waals surface area contributed by atoms with E-state index in [0.717, 1.165) is 4.43 Å². The van der Waals surface area contributed by atoms with Crippen LogP contribution < -0.4 is 0 Å². The number of alkyl halides is 1. The maximum Gasteiger partial charge on any atom is 0.190 e. The third kappa shape index (κ3) is 2.20. The lowest BCUT2D eigenvalue weighted by molar-refractivity contribution is -0.227. The summed E-state index contributed by atoms with van der Waals surface area (Å²) in [7, 11) is 0. The van der Waals surface area contributed by atoms with E-state index in [-0.39, 0.29) is 30.7 Å². The van der Waals surface area contributed by atoms with Crippen LogP contribution in [0, 0.1) is 0 Å². The SMILES string of the molecule is CC1(C)O[C@@H]2[C@@H](O1)[C@H](CI)O[C@@H]1OC(C)(C)O[C@@H]12. The van der Waals surface area contributed by atoms with Crippen molar-refractivity contribution >= 4 is 22.6 Å². The van der Waals surface area contributed by atoms with Gasteiger partial charge in [0.15, 0.2) is 17.9 Å². The molecule has 0 unspecified atom stereocenters. The molecule has 0 aliphatic carbocycles. The van der Waals surface area contributed by atoms with Gasteiger partial charge in [-0.1, -0.05) is 22.6 Å². The molecule has 0 N–H and O–H groups in total. The summed E-state index contributed by atoms with van der Waals surface area (Å²) < 4.78 is 30.4. The summed E-state index contributed by atoms with van der Waals surface area (Å²) in [6.07, 6.45) is -0.809. The topological polar surface area (TPSA) is 46.2 Å².